The average molecular weight is 445 g/mol. The first-order valence-electron chi connectivity index (χ1n) is 10.3. The number of anilines is 1. The van der Waals surface area contributed by atoms with E-state index in [-0.39, 0.29) is 0 Å². The molecular weight excluding hydrogens is 416 g/mol. The fourth-order valence-corrected chi connectivity index (χ4v) is 5.33. The number of aryl methyl sites for hydroxylation is 2. The fraction of sp³-hybridized carbons (Fsp3) is 0.455. The molecule has 3 heterocycles. The minimum atomic E-state index is -0.463. The van der Waals surface area contributed by atoms with Crippen molar-refractivity contribution in [3.8, 4) is 0 Å². The molecule has 1 atom stereocenters. The van der Waals surface area contributed by atoms with Gasteiger partial charge in [-0.25, -0.2) is 9.97 Å². The van der Waals surface area contributed by atoms with Crippen molar-refractivity contribution in [3.63, 3.8) is 0 Å². The van der Waals surface area contributed by atoms with Gasteiger partial charge in [-0.1, -0.05) is 18.2 Å². The van der Waals surface area contributed by atoms with Crippen molar-refractivity contribution in [1.82, 2.24) is 14.9 Å². The van der Waals surface area contributed by atoms with Crippen molar-refractivity contribution < 1.29 is 9.84 Å². The Kier molecular flexibility index (Phi) is 7.22. The van der Waals surface area contributed by atoms with Crippen molar-refractivity contribution in [2.45, 2.75) is 30.6 Å². The Morgan fingerprint density at radius 3 is 2.73 bits per heavy atom. The van der Waals surface area contributed by atoms with E-state index in [0.717, 1.165) is 48.2 Å². The van der Waals surface area contributed by atoms with Crippen LogP contribution in [-0.2, 0) is 10.5 Å². The summed E-state index contributed by atoms with van der Waals surface area (Å²) in [6.45, 7) is 8.57. The Morgan fingerprint density at radius 1 is 1.20 bits per heavy atom. The molecule has 1 aliphatic heterocycles. The molecule has 4 rings (SSSR count). The van der Waals surface area contributed by atoms with Gasteiger partial charge >= 0.3 is 0 Å². The molecule has 0 radical (unpaired) electrons. The van der Waals surface area contributed by atoms with E-state index < -0.39 is 6.10 Å². The van der Waals surface area contributed by atoms with Gasteiger partial charge in [-0.2, -0.15) is 0 Å². The van der Waals surface area contributed by atoms with Gasteiger partial charge in [0.25, 0.3) is 0 Å². The van der Waals surface area contributed by atoms with E-state index >= 15 is 0 Å². The Bertz CT molecular complexity index is 974. The summed E-state index contributed by atoms with van der Waals surface area (Å²) in [5.41, 5.74) is 1.21. The summed E-state index contributed by atoms with van der Waals surface area (Å²) in [5.74, 6) is 2.34. The van der Waals surface area contributed by atoms with Gasteiger partial charge in [0.15, 0.2) is 0 Å². The highest BCUT2D eigenvalue weighted by molar-refractivity contribution is 7.98. The van der Waals surface area contributed by atoms with Crippen LogP contribution in [0.5, 0.6) is 0 Å². The molecule has 1 saturated heterocycles. The zero-order chi connectivity index (χ0) is 20.9. The number of nitrogens with one attached hydrogen (secondary N) is 1. The lowest BCUT2D eigenvalue weighted by molar-refractivity contribution is 0.0171. The lowest BCUT2D eigenvalue weighted by Gasteiger charge is -2.28. The molecular formula is C22H28N4O2S2. The third-order valence-corrected chi connectivity index (χ3v) is 7.37. The number of nitrogens with zero attached hydrogens (tertiary/aromatic N) is 3. The van der Waals surface area contributed by atoms with E-state index in [4.69, 9.17) is 14.7 Å². The second-order valence-corrected chi connectivity index (χ2v) is 9.75. The van der Waals surface area contributed by atoms with E-state index in [1.54, 1.807) is 23.1 Å². The summed E-state index contributed by atoms with van der Waals surface area (Å²) in [4.78, 5) is 15.4. The smallest absolute Gasteiger partial charge is 0.142 e. The first-order chi connectivity index (χ1) is 14.6. The number of morpholine rings is 1. The molecule has 0 amide bonds. The number of hydrogen-bond acceptors (Lipinski definition) is 8. The maximum atomic E-state index is 10.5. The Labute approximate surface area is 185 Å². The van der Waals surface area contributed by atoms with Crippen LogP contribution in [0.15, 0.2) is 35.2 Å². The van der Waals surface area contributed by atoms with Crippen molar-refractivity contribution in [3.05, 3.63) is 46.6 Å². The van der Waals surface area contributed by atoms with Gasteiger partial charge in [0.1, 0.15) is 16.5 Å². The molecule has 3 aromatic rings. The van der Waals surface area contributed by atoms with Gasteiger partial charge in [0.05, 0.1) is 30.5 Å². The van der Waals surface area contributed by atoms with Gasteiger partial charge in [-0.05, 0) is 31.5 Å². The normalized spacial score (nSPS) is 16.1. The number of β-amino-alcohol motifs (C(OH)–C–C–N with tert-alkyl or cyclic N) is 1. The first kappa shape index (κ1) is 21.5. The number of ether oxygens (including phenoxy) is 1. The van der Waals surface area contributed by atoms with E-state index in [1.165, 1.54) is 15.3 Å². The zero-order valence-electron chi connectivity index (χ0n) is 17.4. The van der Waals surface area contributed by atoms with Gasteiger partial charge < -0.3 is 15.2 Å². The molecule has 0 bridgehead atoms. The monoisotopic (exact) mass is 444 g/mol. The summed E-state index contributed by atoms with van der Waals surface area (Å²) in [6, 6.07) is 10.3. The van der Waals surface area contributed by atoms with Crippen molar-refractivity contribution in [1.29, 1.82) is 0 Å². The van der Waals surface area contributed by atoms with Crippen LogP contribution in [0.25, 0.3) is 10.2 Å². The molecule has 1 fully saturated rings. The van der Waals surface area contributed by atoms with E-state index in [0.29, 0.717) is 18.8 Å². The van der Waals surface area contributed by atoms with Crippen LogP contribution in [0.2, 0.25) is 0 Å². The second-order valence-electron chi connectivity index (χ2n) is 7.50. The second kappa shape index (κ2) is 10.1. The van der Waals surface area contributed by atoms with Gasteiger partial charge in [-0.15, -0.1) is 23.1 Å². The molecule has 2 aromatic heterocycles. The highest BCUT2D eigenvalue weighted by atomic mass is 32.2. The Hall–Kier alpha value is -1.71. The minimum Gasteiger partial charge on any atom is -0.390 e. The number of aliphatic hydroxyl groups excluding tert-OH is 1. The zero-order valence-corrected chi connectivity index (χ0v) is 19.1. The predicted molar refractivity (Wildman–Crippen MR) is 125 cm³/mol. The lowest BCUT2D eigenvalue weighted by Crippen LogP contribution is -2.42. The molecule has 0 unspecified atom stereocenters. The van der Waals surface area contributed by atoms with Crippen LogP contribution in [0.1, 0.15) is 16.3 Å². The molecule has 0 aliphatic carbocycles. The number of thioether (sulfide) groups is 1. The third kappa shape index (κ3) is 5.31. The molecule has 0 spiro atoms. The summed E-state index contributed by atoms with van der Waals surface area (Å²) < 4.78 is 5.39. The van der Waals surface area contributed by atoms with Gasteiger partial charge in [0.2, 0.25) is 0 Å². The molecule has 6 nitrogen and oxygen atoms in total. The fourth-order valence-electron chi connectivity index (χ4n) is 3.51. The molecule has 30 heavy (non-hydrogen) atoms. The quantitative estimate of drug-likeness (QED) is 0.513. The van der Waals surface area contributed by atoms with Crippen LogP contribution in [-0.4, -0.2) is 65.5 Å². The van der Waals surface area contributed by atoms with Gasteiger partial charge in [-0.3, -0.25) is 4.90 Å². The third-order valence-electron chi connectivity index (χ3n) is 5.26. The largest absolute Gasteiger partial charge is 0.390 e. The Morgan fingerprint density at radius 2 is 1.97 bits per heavy atom. The number of hydrogen-bond donors (Lipinski definition) is 2. The standard InChI is InChI=1S/C22H28N4O2S2/c1-15-16(2)30-22-20(15)21(23-12-17(27)13-26-8-10-28-11-9-26)24-19(25-22)14-29-18-6-4-3-5-7-18/h3-7,17,27H,8-14H2,1-2H3,(H,23,24,25)/t17-/m1/s1. The number of benzene rings is 1. The SMILES string of the molecule is Cc1sc2nc(CSc3ccccc3)nc(NC[C@@H](O)CN3CCOCC3)c2c1C. The maximum absolute atomic E-state index is 10.5. The molecule has 0 saturated carbocycles. The minimum absolute atomic E-state index is 0.461. The van der Waals surface area contributed by atoms with Crippen LogP contribution in [0.3, 0.4) is 0 Å². The Balaban J connectivity index is 1.48. The van der Waals surface area contributed by atoms with Gasteiger partial charge in [0, 0.05) is 36.0 Å². The topological polar surface area (TPSA) is 70.5 Å². The molecule has 160 valence electrons. The molecule has 1 aromatic carbocycles. The number of fused-ring (bicyclic) bond motifs is 1. The summed E-state index contributed by atoms with van der Waals surface area (Å²) >= 11 is 3.44. The van der Waals surface area contributed by atoms with E-state index in [2.05, 4.69) is 36.2 Å². The lowest BCUT2D eigenvalue weighted by atomic mass is 10.2. The van der Waals surface area contributed by atoms with Crippen LogP contribution >= 0.6 is 23.1 Å². The van der Waals surface area contributed by atoms with Crippen LogP contribution in [0, 0.1) is 13.8 Å². The highest BCUT2D eigenvalue weighted by Crippen LogP contribution is 2.34. The first-order valence-corrected chi connectivity index (χ1v) is 12.1. The van der Waals surface area contributed by atoms with Crippen molar-refractivity contribution in [2.24, 2.45) is 0 Å². The number of rotatable bonds is 8. The van der Waals surface area contributed by atoms with E-state index in [9.17, 15) is 5.11 Å². The summed E-state index contributed by atoms with van der Waals surface area (Å²) in [5, 5.41) is 15.0. The number of aliphatic hydroxyl groups is 1. The molecule has 8 heteroatoms. The average Bonchev–Trinajstić information content (AvgIpc) is 3.05. The molecule has 1 aliphatic rings. The summed E-state index contributed by atoms with van der Waals surface area (Å²) in [7, 11) is 0. The highest BCUT2D eigenvalue weighted by Gasteiger charge is 2.18. The van der Waals surface area contributed by atoms with E-state index in [1.807, 2.05) is 18.2 Å². The van der Waals surface area contributed by atoms with Crippen molar-refractivity contribution in [2.75, 3.05) is 44.7 Å². The number of thiophene rings is 1. The molecule has 2 N–H and O–H groups in total. The summed E-state index contributed by atoms with van der Waals surface area (Å²) in [6.07, 6.45) is -0.463. The number of aromatic nitrogens is 2. The predicted octanol–water partition coefficient (Wildman–Crippen LogP) is 3.71. The maximum Gasteiger partial charge on any atom is 0.142 e. The van der Waals surface area contributed by atoms with Crippen LogP contribution in [0.4, 0.5) is 5.82 Å². The van der Waals surface area contributed by atoms with Crippen LogP contribution < -0.4 is 5.32 Å². The van der Waals surface area contributed by atoms with Crippen molar-refractivity contribution >= 4 is 39.1 Å².